The number of amides is 3. The minimum absolute atomic E-state index is 0.0305. The van der Waals surface area contributed by atoms with E-state index in [2.05, 4.69) is 50.4 Å². The molecule has 4 atom stereocenters. The fraction of sp³-hybridized carbons (Fsp3) is 0.564. The second-order valence-electron chi connectivity index (χ2n) is 15.7. The summed E-state index contributed by atoms with van der Waals surface area (Å²) in [6.45, 7) is 7.51. The molecule has 1 aromatic heterocycles. The third-order valence-corrected chi connectivity index (χ3v) is 14.0. The molecule has 51 heavy (non-hydrogen) atoms. The normalized spacial score (nSPS) is 26.5. The van der Waals surface area contributed by atoms with Crippen LogP contribution in [0.4, 0.5) is 0 Å². The van der Waals surface area contributed by atoms with E-state index in [1.807, 2.05) is 11.0 Å². The Kier molecular flexibility index (Phi) is 8.48. The molecule has 3 unspecified atom stereocenters. The van der Waals surface area contributed by atoms with Gasteiger partial charge in [-0.3, -0.25) is 14.4 Å². The predicted molar refractivity (Wildman–Crippen MR) is 195 cm³/mol. The zero-order valence-electron chi connectivity index (χ0n) is 30.3. The van der Waals surface area contributed by atoms with Crippen LogP contribution in [0, 0.1) is 5.92 Å². The number of fused-ring (bicyclic) bond motifs is 8. The van der Waals surface area contributed by atoms with E-state index in [0.717, 1.165) is 51.9 Å². The van der Waals surface area contributed by atoms with Crippen molar-refractivity contribution in [3.05, 3.63) is 63.9 Å². The topological polar surface area (TPSA) is 121 Å². The van der Waals surface area contributed by atoms with Crippen molar-refractivity contribution >= 4 is 38.6 Å². The van der Waals surface area contributed by atoms with Crippen molar-refractivity contribution in [3.8, 4) is 5.75 Å². The first-order chi connectivity index (χ1) is 24.4. The Balaban J connectivity index is 1.28. The molecule has 0 spiro atoms. The second kappa shape index (κ2) is 12.6. The lowest BCUT2D eigenvalue weighted by Crippen LogP contribution is -2.70. The molecule has 8 rings (SSSR count). The van der Waals surface area contributed by atoms with Gasteiger partial charge in [0.25, 0.3) is 5.91 Å². The molecule has 0 radical (unpaired) electrons. The molecule has 1 aromatic carbocycles. The number of carbonyl (C=O) groups excluding carboxylic acids is 3. The van der Waals surface area contributed by atoms with Gasteiger partial charge in [0.05, 0.1) is 41.5 Å². The summed E-state index contributed by atoms with van der Waals surface area (Å²) in [4.78, 5) is 47.6. The third-order valence-electron chi connectivity index (χ3n) is 12.3. The van der Waals surface area contributed by atoms with Gasteiger partial charge in [-0.25, -0.2) is 13.1 Å². The number of benzene rings is 1. The number of methoxy groups -OCH3 is 1. The molecule has 272 valence electrons. The molecule has 2 aromatic rings. The number of sulfonamides is 1. The van der Waals surface area contributed by atoms with Gasteiger partial charge in [0.15, 0.2) is 0 Å². The van der Waals surface area contributed by atoms with E-state index in [4.69, 9.17) is 4.74 Å². The van der Waals surface area contributed by atoms with Crippen LogP contribution in [0.25, 0.3) is 10.9 Å². The fourth-order valence-electron chi connectivity index (χ4n) is 9.76. The number of rotatable bonds is 6. The van der Waals surface area contributed by atoms with Crippen molar-refractivity contribution in [3.63, 3.8) is 0 Å². The van der Waals surface area contributed by atoms with E-state index < -0.39 is 27.1 Å². The van der Waals surface area contributed by atoms with Crippen LogP contribution >= 0.6 is 0 Å². The van der Waals surface area contributed by atoms with Crippen molar-refractivity contribution in [1.29, 1.82) is 0 Å². The molecule has 2 bridgehead atoms. The lowest BCUT2D eigenvalue weighted by molar-refractivity contribution is -0.155. The van der Waals surface area contributed by atoms with E-state index in [1.165, 1.54) is 24.8 Å². The highest BCUT2D eigenvalue weighted by atomic mass is 32.2. The Morgan fingerprint density at radius 3 is 2.35 bits per heavy atom. The number of piperazine rings is 2. The van der Waals surface area contributed by atoms with Gasteiger partial charge in [-0.05, 0) is 80.5 Å². The van der Waals surface area contributed by atoms with Crippen LogP contribution in [0.5, 0.6) is 5.75 Å². The van der Waals surface area contributed by atoms with E-state index in [-0.39, 0.29) is 29.8 Å². The number of nitrogens with zero attached hydrogens (tertiary/aromatic N) is 4. The molecule has 3 fully saturated rings. The zero-order valence-corrected chi connectivity index (χ0v) is 31.1. The summed E-state index contributed by atoms with van der Waals surface area (Å²) in [6, 6.07) is 6.24. The maximum absolute atomic E-state index is 15.1. The highest BCUT2D eigenvalue weighted by molar-refractivity contribution is 7.90. The summed E-state index contributed by atoms with van der Waals surface area (Å²) >= 11 is 0. The second-order valence-corrected chi connectivity index (χ2v) is 18.0. The first-order valence-corrected chi connectivity index (χ1v) is 20.1. The van der Waals surface area contributed by atoms with E-state index in [9.17, 15) is 18.0 Å². The Morgan fingerprint density at radius 1 is 1.00 bits per heavy atom. The van der Waals surface area contributed by atoms with E-state index >= 15 is 4.79 Å². The summed E-state index contributed by atoms with van der Waals surface area (Å²) in [6.07, 6.45) is 10.4. The predicted octanol–water partition coefficient (Wildman–Crippen LogP) is 4.21. The first-order valence-electron chi connectivity index (χ1n) is 18.6. The van der Waals surface area contributed by atoms with Crippen LogP contribution in [-0.4, -0.2) is 103 Å². The number of hydrogen-bond donors (Lipinski definition) is 1. The molecule has 2 saturated heterocycles. The van der Waals surface area contributed by atoms with Crippen LogP contribution < -0.4 is 9.46 Å². The average molecular weight is 716 g/mol. The largest absolute Gasteiger partial charge is 0.496 e. The summed E-state index contributed by atoms with van der Waals surface area (Å²) in [7, 11) is -0.0885. The van der Waals surface area contributed by atoms with Crippen molar-refractivity contribution in [1.82, 2.24) is 24.0 Å². The van der Waals surface area contributed by atoms with Crippen molar-refractivity contribution < 1.29 is 27.5 Å². The molecule has 11 nitrogen and oxygen atoms in total. The van der Waals surface area contributed by atoms with Gasteiger partial charge < -0.3 is 24.0 Å². The molecular weight excluding hydrogens is 667 g/mol. The van der Waals surface area contributed by atoms with Crippen molar-refractivity contribution in [2.75, 3.05) is 40.3 Å². The van der Waals surface area contributed by atoms with E-state index in [0.29, 0.717) is 50.6 Å². The van der Waals surface area contributed by atoms with Gasteiger partial charge in [0.2, 0.25) is 21.8 Å². The Labute approximate surface area is 300 Å². The first kappa shape index (κ1) is 34.2. The number of hydrogen-bond acceptors (Lipinski definition) is 7. The SMILES string of the molecule is COc1ccc(C2CCCCC2)c2c1cc1n2CC2=C(C(=O)NS(=O)(=O)C(C)C)C2=C2C=CC[C@@H](C(=O)N3C4CN(C)CC3CN(C(C)=O)C4)C21. The summed E-state index contributed by atoms with van der Waals surface area (Å²) in [5, 5.41) is 0.243. The molecule has 3 aliphatic carbocycles. The molecular formula is C39H49N5O6S. The molecule has 1 saturated carbocycles. The van der Waals surface area contributed by atoms with Crippen LogP contribution in [0.1, 0.15) is 82.4 Å². The van der Waals surface area contributed by atoms with Crippen molar-refractivity contribution in [2.24, 2.45) is 5.92 Å². The number of nitrogens with one attached hydrogen (secondary N) is 1. The molecule has 6 aliphatic rings. The van der Waals surface area contributed by atoms with Gasteiger partial charge in [0.1, 0.15) is 5.75 Å². The van der Waals surface area contributed by atoms with Crippen molar-refractivity contribution in [2.45, 2.75) is 95.0 Å². The maximum Gasteiger partial charge on any atom is 0.265 e. The van der Waals surface area contributed by atoms with Gasteiger partial charge in [-0.2, -0.15) is 0 Å². The quantitative estimate of drug-likeness (QED) is 0.476. The number of carbonyl (C=O) groups is 3. The van der Waals surface area contributed by atoms with Gasteiger partial charge >= 0.3 is 0 Å². The van der Waals surface area contributed by atoms with Crippen LogP contribution in [-0.2, 0) is 31.0 Å². The maximum atomic E-state index is 15.1. The monoisotopic (exact) mass is 715 g/mol. The Hall–Kier alpha value is -3.90. The molecule has 3 amide bonds. The smallest absolute Gasteiger partial charge is 0.265 e. The van der Waals surface area contributed by atoms with Crippen LogP contribution in [0.15, 0.2) is 52.6 Å². The fourth-order valence-corrected chi connectivity index (χ4v) is 10.4. The number of likely N-dealkylation sites (N-methyl/N-ethyl adjacent to an activating group) is 1. The number of allylic oxidation sites excluding steroid dienone is 4. The third kappa shape index (κ3) is 5.64. The lowest BCUT2D eigenvalue weighted by Gasteiger charge is -2.53. The average Bonchev–Trinajstić information content (AvgIpc) is 3.73. The van der Waals surface area contributed by atoms with Crippen LogP contribution in [0.2, 0.25) is 0 Å². The molecule has 12 heteroatoms. The highest BCUT2D eigenvalue weighted by Gasteiger charge is 2.51. The lowest BCUT2D eigenvalue weighted by atomic mass is 9.75. The minimum atomic E-state index is -3.85. The van der Waals surface area contributed by atoms with Gasteiger partial charge in [-0.1, -0.05) is 37.5 Å². The molecule has 1 N–H and O–H groups in total. The Bertz CT molecular complexity index is 2020. The number of ether oxygens (including phenoxy) is 1. The van der Waals surface area contributed by atoms with E-state index in [1.54, 1.807) is 27.9 Å². The van der Waals surface area contributed by atoms with Gasteiger partial charge in [0, 0.05) is 56.6 Å². The molecule has 3 aliphatic heterocycles. The Morgan fingerprint density at radius 2 is 1.71 bits per heavy atom. The zero-order chi connectivity index (χ0) is 35.9. The summed E-state index contributed by atoms with van der Waals surface area (Å²) < 4.78 is 36.3. The number of aromatic nitrogens is 1. The highest BCUT2D eigenvalue weighted by Crippen LogP contribution is 2.55. The van der Waals surface area contributed by atoms with Gasteiger partial charge in [-0.15, -0.1) is 0 Å². The standard InChI is InChI=1S/C39H49N5O6S/c1-22(2)51(48,49)40-38(46)36-31-21-43-32(16-30-33(50-5)15-14-27(37(30)43)24-10-7-6-8-11-24)34-28(35(31)36)12-9-13-29(34)39(47)44-25-17-41(4)18-26(44)20-42(19-25)23(3)45/h9,12,14-16,22,24-26,29,34H,6-8,10-11,13,17-21H2,1-5H3,(H,40,46)/t25?,26?,29-,34?/m1/s1. The minimum Gasteiger partial charge on any atom is -0.496 e. The molecule has 4 heterocycles. The summed E-state index contributed by atoms with van der Waals surface area (Å²) in [5.41, 5.74) is 6.29. The summed E-state index contributed by atoms with van der Waals surface area (Å²) in [5.74, 6) is -0.136. The van der Waals surface area contributed by atoms with Crippen LogP contribution in [0.3, 0.4) is 0 Å².